The quantitative estimate of drug-likeness (QED) is 0.525. The average Bonchev–Trinajstić information content (AvgIpc) is 3.38. The van der Waals surface area contributed by atoms with Crippen molar-refractivity contribution in [2.75, 3.05) is 13.6 Å². The summed E-state index contributed by atoms with van der Waals surface area (Å²) in [6.45, 7) is 1.72. The average molecular weight is 456 g/mol. The van der Waals surface area contributed by atoms with Gasteiger partial charge in [0.2, 0.25) is 5.78 Å². The number of halogens is 1. The van der Waals surface area contributed by atoms with Crippen molar-refractivity contribution in [3.05, 3.63) is 51.4 Å². The number of aromatic amines is 1. The van der Waals surface area contributed by atoms with E-state index in [0.29, 0.717) is 34.4 Å². The first-order valence-electron chi connectivity index (χ1n) is 10.9. The van der Waals surface area contributed by atoms with Gasteiger partial charge in [0.1, 0.15) is 11.4 Å². The van der Waals surface area contributed by atoms with Gasteiger partial charge in [-0.1, -0.05) is 12.8 Å². The van der Waals surface area contributed by atoms with Crippen LogP contribution in [0.3, 0.4) is 0 Å². The standard InChI is InChI=1S/C23H26FN5O2S/c1-29-9-7-16-18(12-29)32-22(27-16)21(31)28-19-4-2-3-8-23(19,25)20(30)17-11-13-10-14(24)5-6-15(13)26-17/h5-6,10-11,19,26H,2-4,7-9,12,25H2,1H3,(H,28,31). The minimum Gasteiger partial charge on any atom is -0.352 e. The first kappa shape index (κ1) is 21.2. The molecule has 1 aromatic carbocycles. The maximum absolute atomic E-state index is 13.6. The fraction of sp³-hybridized carbons (Fsp3) is 0.435. The molecule has 7 nitrogen and oxygen atoms in total. The molecule has 3 heterocycles. The maximum atomic E-state index is 13.6. The fourth-order valence-corrected chi connectivity index (χ4v) is 5.88. The predicted octanol–water partition coefficient (Wildman–Crippen LogP) is 3.00. The summed E-state index contributed by atoms with van der Waals surface area (Å²) in [5, 5.41) is 4.06. The number of rotatable bonds is 4. The topological polar surface area (TPSA) is 104 Å². The third kappa shape index (κ3) is 3.74. The molecule has 9 heteroatoms. The SMILES string of the molecule is CN1CCc2nc(C(=O)NC3CCCCC3(N)C(=O)c3cc4cc(F)ccc4[nH]3)sc2C1. The van der Waals surface area contributed by atoms with Crippen molar-refractivity contribution in [1.29, 1.82) is 0 Å². The number of amides is 1. The van der Waals surface area contributed by atoms with Crippen molar-refractivity contribution >= 4 is 33.9 Å². The van der Waals surface area contributed by atoms with Crippen molar-refractivity contribution in [2.24, 2.45) is 5.73 Å². The van der Waals surface area contributed by atoms with Crippen LogP contribution in [0.1, 0.15) is 56.5 Å². The molecule has 32 heavy (non-hydrogen) atoms. The number of H-pyrrole nitrogens is 1. The van der Waals surface area contributed by atoms with E-state index in [2.05, 4.69) is 27.2 Å². The molecule has 2 atom stereocenters. The number of hydrogen-bond donors (Lipinski definition) is 3. The number of carbonyl (C=O) groups is 2. The minimum absolute atomic E-state index is 0.265. The van der Waals surface area contributed by atoms with Crippen molar-refractivity contribution in [2.45, 2.75) is 50.2 Å². The Morgan fingerprint density at radius 3 is 3.03 bits per heavy atom. The van der Waals surface area contributed by atoms with E-state index in [-0.39, 0.29) is 17.5 Å². The van der Waals surface area contributed by atoms with Crippen LogP contribution in [0.25, 0.3) is 10.9 Å². The van der Waals surface area contributed by atoms with E-state index in [9.17, 15) is 14.0 Å². The molecule has 168 valence electrons. The lowest BCUT2D eigenvalue weighted by molar-refractivity contribution is 0.0755. The van der Waals surface area contributed by atoms with Crippen LogP contribution >= 0.6 is 11.3 Å². The summed E-state index contributed by atoms with van der Waals surface area (Å²) in [6, 6.07) is 5.47. The molecule has 0 bridgehead atoms. The van der Waals surface area contributed by atoms with Crippen LogP contribution in [0.5, 0.6) is 0 Å². The molecule has 1 fully saturated rings. The van der Waals surface area contributed by atoms with Gasteiger partial charge in [-0.2, -0.15) is 0 Å². The second-order valence-corrected chi connectivity index (χ2v) is 10.0. The van der Waals surface area contributed by atoms with E-state index in [1.165, 1.54) is 23.5 Å². The Morgan fingerprint density at radius 2 is 2.19 bits per heavy atom. The van der Waals surface area contributed by atoms with Gasteiger partial charge in [-0.25, -0.2) is 9.37 Å². The van der Waals surface area contributed by atoms with Gasteiger partial charge in [-0.15, -0.1) is 11.3 Å². The Balaban J connectivity index is 1.39. The van der Waals surface area contributed by atoms with Crippen molar-refractivity contribution in [3.8, 4) is 0 Å². The van der Waals surface area contributed by atoms with Gasteiger partial charge in [0.15, 0.2) is 5.01 Å². The number of Topliss-reactive ketones (excluding diaryl/α,β-unsaturated/α-hetero) is 1. The normalized spacial score (nSPS) is 23.8. The fourth-order valence-electron chi connectivity index (χ4n) is 4.79. The summed E-state index contributed by atoms with van der Waals surface area (Å²) in [4.78, 5) is 37.5. The van der Waals surface area contributed by atoms with Crippen molar-refractivity contribution < 1.29 is 14.0 Å². The highest BCUT2D eigenvalue weighted by atomic mass is 32.1. The number of nitrogens with two attached hydrogens (primary N) is 1. The number of thiazole rings is 1. The molecule has 1 amide bonds. The molecule has 4 N–H and O–H groups in total. The molecule has 0 saturated heterocycles. The van der Waals surface area contributed by atoms with Crippen LogP contribution < -0.4 is 11.1 Å². The lowest BCUT2D eigenvalue weighted by atomic mass is 9.74. The molecule has 2 unspecified atom stereocenters. The Labute approximate surface area is 189 Å². The molecule has 2 aliphatic rings. The van der Waals surface area contributed by atoms with Gasteiger partial charge in [0.25, 0.3) is 5.91 Å². The first-order valence-corrected chi connectivity index (χ1v) is 11.7. The second kappa shape index (κ2) is 8.06. The van der Waals surface area contributed by atoms with E-state index < -0.39 is 11.6 Å². The molecule has 3 aromatic rings. The summed E-state index contributed by atoms with van der Waals surface area (Å²) in [7, 11) is 2.05. The lowest BCUT2D eigenvalue weighted by Gasteiger charge is -2.39. The highest BCUT2D eigenvalue weighted by Gasteiger charge is 2.45. The van der Waals surface area contributed by atoms with Crippen LogP contribution in [0.15, 0.2) is 24.3 Å². The Hall–Kier alpha value is -2.62. The molecule has 0 radical (unpaired) electrons. The van der Waals surface area contributed by atoms with Crippen molar-refractivity contribution in [3.63, 3.8) is 0 Å². The van der Waals surface area contributed by atoms with Gasteiger partial charge in [0, 0.05) is 35.3 Å². The summed E-state index contributed by atoms with van der Waals surface area (Å²) in [5.74, 6) is -0.905. The van der Waals surface area contributed by atoms with Crippen LogP contribution in [0.4, 0.5) is 4.39 Å². The number of nitrogens with zero attached hydrogens (tertiary/aromatic N) is 2. The molecule has 1 aliphatic heterocycles. The van der Waals surface area contributed by atoms with Crippen LogP contribution in [-0.2, 0) is 13.0 Å². The zero-order valence-corrected chi connectivity index (χ0v) is 18.7. The van der Waals surface area contributed by atoms with E-state index in [4.69, 9.17) is 5.73 Å². The van der Waals surface area contributed by atoms with Crippen LogP contribution in [0, 0.1) is 5.82 Å². The Bertz CT molecular complexity index is 1200. The van der Waals surface area contributed by atoms with Crippen LogP contribution in [0.2, 0.25) is 0 Å². The lowest BCUT2D eigenvalue weighted by Crippen LogP contribution is -2.64. The maximum Gasteiger partial charge on any atom is 0.280 e. The predicted molar refractivity (Wildman–Crippen MR) is 121 cm³/mol. The van der Waals surface area contributed by atoms with E-state index in [1.807, 2.05) is 0 Å². The number of benzene rings is 1. The molecular formula is C23H26FN5O2S. The Morgan fingerprint density at radius 1 is 1.34 bits per heavy atom. The number of hydrogen-bond acceptors (Lipinski definition) is 6. The first-order chi connectivity index (χ1) is 15.3. The van der Waals surface area contributed by atoms with Gasteiger partial charge >= 0.3 is 0 Å². The number of carbonyl (C=O) groups excluding carboxylic acids is 2. The number of aromatic nitrogens is 2. The molecule has 2 aromatic heterocycles. The van der Waals surface area contributed by atoms with E-state index in [1.54, 1.807) is 12.1 Å². The number of fused-ring (bicyclic) bond motifs is 2. The van der Waals surface area contributed by atoms with Crippen LogP contribution in [-0.4, -0.2) is 51.7 Å². The zero-order valence-electron chi connectivity index (χ0n) is 17.9. The monoisotopic (exact) mass is 455 g/mol. The van der Waals surface area contributed by atoms with Crippen molar-refractivity contribution in [1.82, 2.24) is 20.2 Å². The molecule has 1 aliphatic carbocycles. The highest BCUT2D eigenvalue weighted by molar-refractivity contribution is 7.13. The number of likely N-dealkylation sites (N-methyl/N-ethyl adjacent to an activating group) is 1. The summed E-state index contributed by atoms with van der Waals surface area (Å²) in [5.41, 5.74) is 7.46. The zero-order chi connectivity index (χ0) is 22.5. The smallest absolute Gasteiger partial charge is 0.280 e. The summed E-state index contributed by atoms with van der Waals surface area (Å²) >= 11 is 1.41. The number of nitrogens with one attached hydrogen (secondary N) is 2. The summed E-state index contributed by atoms with van der Waals surface area (Å²) < 4.78 is 13.6. The third-order valence-corrected chi connectivity index (χ3v) is 7.71. The molecule has 1 saturated carbocycles. The van der Waals surface area contributed by atoms with Gasteiger partial charge in [-0.05, 0) is 44.2 Å². The summed E-state index contributed by atoms with van der Waals surface area (Å²) in [6.07, 6.45) is 3.62. The second-order valence-electron chi connectivity index (χ2n) is 8.93. The van der Waals surface area contributed by atoms with Gasteiger partial charge < -0.3 is 20.9 Å². The Kier molecular flexibility index (Phi) is 5.35. The minimum atomic E-state index is -1.23. The molecule has 5 rings (SSSR count). The number of ketones is 1. The van der Waals surface area contributed by atoms with E-state index in [0.717, 1.165) is 42.9 Å². The molecular weight excluding hydrogens is 429 g/mol. The van der Waals surface area contributed by atoms with Gasteiger partial charge in [0.05, 0.1) is 17.4 Å². The van der Waals surface area contributed by atoms with E-state index >= 15 is 0 Å². The largest absolute Gasteiger partial charge is 0.352 e. The van der Waals surface area contributed by atoms with Gasteiger partial charge in [-0.3, -0.25) is 9.59 Å². The third-order valence-electron chi connectivity index (χ3n) is 6.63. The molecule has 0 spiro atoms. The highest BCUT2D eigenvalue weighted by Crippen LogP contribution is 2.32.